The summed E-state index contributed by atoms with van der Waals surface area (Å²) >= 11 is 0. The molecule has 0 radical (unpaired) electrons. The average Bonchev–Trinajstić information content (AvgIpc) is 3.43. The van der Waals surface area contributed by atoms with Crippen molar-refractivity contribution in [3.8, 4) is 5.75 Å². The molecule has 5 heteroatoms. The summed E-state index contributed by atoms with van der Waals surface area (Å²) in [6.45, 7) is 9.14. The van der Waals surface area contributed by atoms with Gasteiger partial charge in [0.2, 0.25) is 11.8 Å². The van der Waals surface area contributed by atoms with E-state index in [1.807, 2.05) is 29.2 Å². The normalized spacial score (nSPS) is 27.1. The summed E-state index contributed by atoms with van der Waals surface area (Å²) in [7, 11) is 1.66. The molecule has 1 aromatic rings. The van der Waals surface area contributed by atoms with Gasteiger partial charge in [0.15, 0.2) is 0 Å². The van der Waals surface area contributed by atoms with Gasteiger partial charge in [-0.15, -0.1) is 0 Å². The smallest absolute Gasteiger partial charge is 0.243 e. The van der Waals surface area contributed by atoms with Gasteiger partial charge in [-0.3, -0.25) is 9.59 Å². The zero-order chi connectivity index (χ0) is 20.4. The van der Waals surface area contributed by atoms with Crippen LogP contribution in [0, 0.1) is 17.8 Å². The number of amides is 2. The highest BCUT2D eigenvalue weighted by molar-refractivity contribution is 5.91. The molecule has 0 bridgehead atoms. The molecule has 1 aromatic carbocycles. The Kier molecular flexibility index (Phi) is 6.31. The van der Waals surface area contributed by atoms with Crippen LogP contribution < -0.4 is 10.1 Å². The number of ether oxygens (including phenoxy) is 1. The lowest BCUT2D eigenvalue weighted by molar-refractivity contribution is -0.146. The molecule has 2 amide bonds. The van der Waals surface area contributed by atoms with E-state index in [2.05, 4.69) is 33.0 Å². The molecule has 1 aliphatic carbocycles. The van der Waals surface area contributed by atoms with E-state index >= 15 is 0 Å². The summed E-state index contributed by atoms with van der Waals surface area (Å²) in [6, 6.07) is 7.71. The van der Waals surface area contributed by atoms with Gasteiger partial charge in [-0.25, -0.2) is 0 Å². The minimum absolute atomic E-state index is 0.00587. The average molecular weight is 387 g/mol. The molecule has 2 fully saturated rings. The number of benzene rings is 1. The summed E-state index contributed by atoms with van der Waals surface area (Å²) < 4.78 is 5.23. The fourth-order valence-corrected chi connectivity index (χ4v) is 4.38. The highest BCUT2D eigenvalue weighted by atomic mass is 16.5. The molecular weight excluding hydrogens is 352 g/mol. The van der Waals surface area contributed by atoms with E-state index in [1.165, 1.54) is 5.56 Å². The highest BCUT2D eigenvalue weighted by Crippen LogP contribution is 2.49. The lowest BCUT2D eigenvalue weighted by Crippen LogP contribution is -2.62. The second-order valence-electron chi connectivity index (χ2n) is 9.19. The molecule has 1 aliphatic heterocycles. The van der Waals surface area contributed by atoms with Crippen LogP contribution in [0.5, 0.6) is 5.75 Å². The van der Waals surface area contributed by atoms with Crippen LogP contribution in [0.1, 0.15) is 58.4 Å². The van der Waals surface area contributed by atoms with Crippen molar-refractivity contribution in [2.75, 3.05) is 13.7 Å². The van der Waals surface area contributed by atoms with Crippen molar-refractivity contribution in [1.82, 2.24) is 10.2 Å². The molecular formula is C23H34N2O3. The predicted octanol–water partition coefficient (Wildman–Crippen LogP) is 3.59. The van der Waals surface area contributed by atoms with E-state index in [9.17, 15) is 9.59 Å². The van der Waals surface area contributed by atoms with Crippen molar-refractivity contribution >= 4 is 11.8 Å². The van der Waals surface area contributed by atoms with Gasteiger partial charge in [-0.05, 0) is 54.7 Å². The van der Waals surface area contributed by atoms with Gasteiger partial charge in [0, 0.05) is 18.5 Å². The molecule has 0 spiro atoms. The molecule has 1 unspecified atom stereocenters. The molecule has 4 atom stereocenters. The Balaban J connectivity index is 1.73. The van der Waals surface area contributed by atoms with Gasteiger partial charge in [-0.1, -0.05) is 39.8 Å². The van der Waals surface area contributed by atoms with E-state index < -0.39 is 0 Å². The van der Waals surface area contributed by atoms with Crippen LogP contribution in [0.3, 0.4) is 0 Å². The van der Waals surface area contributed by atoms with E-state index in [1.54, 1.807) is 7.11 Å². The number of nitrogens with zero attached hydrogens (tertiary/aromatic N) is 1. The molecule has 2 aliphatic rings. The number of carbonyl (C=O) groups excluding carboxylic acids is 2. The summed E-state index contributed by atoms with van der Waals surface area (Å²) in [6.07, 6.45) is 2.48. The predicted molar refractivity (Wildman–Crippen MR) is 110 cm³/mol. The highest BCUT2D eigenvalue weighted by Gasteiger charge is 2.49. The fourth-order valence-electron chi connectivity index (χ4n) is 4.38. The summed E-state index contributed by atoms with van der Waals surface area (Å²) in [5.74, 6) is 2.09. The third kappa shape index (κ3) is 4.68. The van der Waals surface area contributed by atoms with Gasteiger partial charge in [-0.2, -0.15) is 0 Å². The van der Waals surface area contributed by atoms with Gasteiger partial charge in [0.25, 0.3) is 0 Å². The standard InChI is InChI=1S/C23H34N2O3/c1-14(2)10-17-13-25(21(11-15(3)4)22(26)24-17)23(27)20-12-19(20)16-6-8-18(28-5)9-7-16/h6-9,14-15,17,19-21H,10-13H2,1-5H3,(H,24,26)/t17?,19-,20+,21-/m0/s1. The summed E-state index contributed by atoms with van der Waals surface area (Å²) in [4.78, 5) is 28.0. The number of rotatable bonds is 7. The number of piperazine rings is 1. The molecule has 3 rings (SSSR count). The molecule has 1 N–H and O–H groups in total. The molecule has 0 aromatic heterocycles. The largest absolute Gasteiger partial charge is 0.497 e. The van der Waals surface area contributed by atoms with Crippen molar-refractivity contribution in [2.45, 2.75) is 65.0 Å². The Labute approximate surface area is 168 Å². The van der Waals surface area contributed by atoms with Crippen LogP contribution in [0.25, 0.3) is 0 Å². The van der Waals surface area contributed by atoms with E-state index in [4.69, 9.17) is 4.74 Å². The maximum atomic E-state index is 13.4. The number of hydrogen-bond acceptors (Lipinski definition) is 3. The van der Waals surface area contributed by atoms with Crippen LogP contribution in [-0.2, 0) is 9.59 Å². The molecule has 1 saturated carbocycles. The van der Waals surface area contributed by atoms with Gasteiger partial charge < -0.3 is 15.0 Å². The first-order valence-corrected chi connectivity index (χ1v) is 10.5. The van der Waals surface area contributed by atoms with Crippen molar-refractivity contribution in [2.24, 2.45) is 17.8 Å². The third-order valence-corrected chi connectivity index (χ3v) is 5.83. The van der Waals surface area contributed by atoms with Crippen molar-refractivity contribution in [3.63, 3.8) is 0 Å². The molecule has 28 heavy (non-hydrogen) atoms. The third-order valence-electron chi connectivity index (χ3n) is 5.83. The first-order valence-electron chi connectivity index (χ1n) is 10.5. The molecule has 154 valence electrons. The summed E-state index contributed by atoms with van der Waals surface area (Å²) in [5, 5.41) is 3.16. The Hall–Kier alpha value is -2.04. The topological polar surface area (TPSA) is 58.6 Å². The van der Waals surface area contributed by atoms with Crippen LogP contribution in [-0.4, -0.2) is 42.5 Å². The number of methoxy groups -OCH3 is 1. The SMILES string of the molecule is COc1ccc([C@@H]2C[C@H]2C(=O)N2CC(CC(C)C)NC(=O)[C@@H]2CC(C)C)cc1. The molecule has 1 saturated heterocycles. The minimum Gasteiger partial charge on any atom is -0.497 e. The van der Waals surface area contributed by atoms with Crippen LogP contribution in [0.2, 0.25) is 0 Å². The first-order chi connectivity index (χ1) is 13.3. The van der Waals surface area contributed by atoms with Crippen LogP contribution in [0.4, 0.5) is 0 Å². The Morgan fingerprint density at radius 3 is 2.36 bits per heavy atom. The summed E-state index contributed by atoms with van der Waals surface area (Å²) in [5.41, 5.74) is 1.18. The Bertz CT molecular complexity index is 698. The van der Waals surface area contributed by atoms with Gasteiger partial charge in [0.05, 0.1) is 7.11 Å². The second kappa shape index (κ2) is 8.54. The zero-order valence-electron chi connectivity index (χ0n) is 17.8. The Morgan fingerprint density at radius 2 is 1.79 bits per heavy atom. The van der Waals surface area contributed by atoms with Crippen LogP contribution >= 0.6 is 0 Å². The maximum absolute atomic E-state index is 13.4. The van der Waals surface area contributed by atoms with Crippen molar-refractivity contribution in [1.29, 1.82) is 0 Å². The molecule has 1 heterocycles. The lowest BCUT2D eigenvalue weighted by Gasteiger charge is -2.41. The van der Waals surface area contributed by atoms with Gasteiger partial charge in [0.1, 0.15) is 11.8 Å². The second-order valence-corrected chi connectivity index (χ2v) is 9.19. The number of carbonyl (C=O) groups is 2. The zero-order valence-corrected chi connectivity index (χ0v) is 17.8. The van der Waals surface area contributed by atoms with Gasteiger partial charge >= 0.3 is 0 Å². The molecule has 5 nitrogen and oxygen atoms in total. The van der Waals surface area contributed by atoms with E-state index in [0.717, 1.165) is 18.6 Å². The fraction of sp³-hybridized carbons (Fsp3) is 0.652. The monoisotopic (exact) mass is 386 g/mol. The quantitative estimate of drug-likeness (QED) is 0.779. The van der Waals surface area contributed by atoms with Crippen molar-refractivity contribution < 1.29 is 14.3 Å². The van der Waals surface area contributed by atoms with Crippen LogP contribution in [0.15, 0.2) is 24.3 Å². The van der Waals surface area contributed by atoms with E-state index in [-0.39, 0.29) is 35.7 Å². The lowest BCUT2D eigenvalue weighted by atomic mass is 9.94. The Morgan fingerprint density at radius 1 is 1.14 bits per heavy atom. The van der Waals surface area contributed by atoms with Crippen molar-refractivity contribution in [3.05, 3.63) is 29.8 Å². The first kappa shape index (κ1) is 20.7. The maximum Gasteiger partial charge on any atom is 0.243 e. The minimum atomic E-state index is -0.340. The number of nitrogens with one attached hydrogen (secondary N) is 1. The number of hydrogen-bond donors (Lipinski definition) is 1. The van der Waals surface area contributed by atoms with E-state index in [0.29, 0.717) is 24.8 Å².